The van der Waals surface area contributed by atoms with Crippen LogP contribution in [0.25, 0.3) is 17.2 Å². The Morgan fingerprint density at radius 2 is 1.94 bits per heavy atom. The molecule has 5 rings (SSSR count). The van der Waals surface area contributed by atoms with Crippen LogP contribution in [0.4, 0.5) is 19.0 Å². The Morgan fingerprint density at radius 1 is 1.14 bits per heavy atom. The Hall–Kier alpha value is -4.00. The van der Waals surface area contributed by atoms with Gasteiger partial charge in [0, 0.05) is 43.8 Å². The summed E-state index contributed by atoms with van der Waals surface area (Å²) in [6.07, 6.45) is 2.76. The number of pyridine rings is 1. The van der Waals surface area contributed by atoms with E-state index in [1.54, 1.807) is 23.4 Å². The van der Waals surface area contributed by atoms with Gasteiger partial charge in [0.1, 0.15) is 22.8 Å². The molecule has 0 radical (unpaired) electrons. The number of halogens is 3. The van der Waals surface area contributed by atoms with Crippen LogP contribution >= 0.6 is 0 Å². The molecule has 4 aromatic heterocycles. The third-order valence-corrected chi connectivity index (χ3v) is 6.10. The minimum Gasteiger partial charge on any atom is -0.381 e. The van der Waals surface area contributed by atoms with Gasteiger partial charge in [-0.15, -0.1) is 0 Å². The molecule has 1 amide bonds. The molecule has 1 fully saturated rings. The lowest BCUT2D eigenvalue weighted by molar-refractivity contribution is -0.151. The molecule has 1 unspecified atom stereocenters. The quantitative estimate of drug-likeness (QED) is 0.443. The zero-order valence-corrected chi connectivity index (χ0v) is 19.4. The SMILES string of the molecule is CC(C)(O)C(=O)N1CCN(c2ccnc(-c3cnc4ccc(C(F)(F)F)cn34)n2)CC1c1cn[nH]c1. The van der Waals surface area contributed by atoms with Gasteiger partial charge < -0.3 is 14.9 Å². The molecule has 0 saturated carbocycles. The maximum absolute atomic E-state index is 13.3. The van der Waals surface area contributed by atoms with E-state index in [0.29, 0.717) is 36.8 Å². The van der Waals surface area contributed by atoms with Gasteiger partial charge in [-0.25, -0.2) is 15.0 Å². The van der Waals surface area contributed by atoms with Crippen LogP contribution in [0.5, 0.6) is 0 Å². The number of anilines is 1. The highest BCUT2D eigenvalue weighted by molar-refractivity contribution is 5.84. The van der Waals surface area contributed by atoms with Crippen LogP contribution in [0, 0.1) is 0 Å². The number of nitrogens with zero attached hydrogens (tertiary/aromatic N) is 7. The summed E-state index contributed by atoms with van der Waals surface area (Å²) in [6, 6.07) is 3.58. The zero-order valence-electron chi connectivity index (χ0n) is 19.4. The predicted octanol–water partition coefficient (Wildman–Crippen LogP) is 2.69. The predicted molar refractivity (Wildman–Crippen MR) is 123 cm³/mol. The number of rotatable bonds is 4. The van der Waals surface area contributed by atoms with Crippen molar-refractivity contribution in [3.8, 4) is 11.5 Å². The summed E-state index contributed by atoms with van der Waals surface area (Å²) in [5.74, 6) is 0.364. The number of alkyl halides is 3. The van der Waals surface area contributed by atoms with Crippen molar-refractivity contribution in [2.45, 2.75) is 31.7 Å². The molecular formula is C23H23F3N8O2. The monoisotopic (exact) mass is 500 g/mol. The van der Waals surface area contributed by atoms with Gasteiger partial charge in [-0.1, -0.05) is 0 Å². The molecule has 13 heteroatoms. The van der Waals surface area contributed by atoms with Crippen molar-refractivity contribution >= 4 is 17.4 Å². The van der Waals surface area contributed by atoms with Crippen molar-refractivity contribution in [2.75, 3.05) is 24.5 Å². The Morgan fingerprint density at radius 3 is 2.64 bits per heavy atom. The maximum Gasteiger partial charge on any atom is 0.417 e. The van der Waals surface area contributed by atoms with Gasteiger partial charge in [-0.3, -0.25) is 14.3 Å². The van der Waals surface area contributed by atoms with Gasteiger partial charge in [-0.2, -0.15) is 18.3 Å². The molecular weight excluding hydrogens is 477 g/mol. The van der Waals surface area contributed by atoms with Gasteiger partial charge in [-0.05, 0) is 32.0 Å². The summed E-state index contributed by atoms with van der Waals surface area (Å²) in [5, 5.41) is 17.1. The minimum absolute atomic E-state index is 0.217. The van der Waals surface area contributed by atoms with Crippen molar-refractivity contribution in [3.63, 3.8) is 0 Å². The van der Waals surface area contributed by atoms with Crippen molar-refractivity contribution in [1.82, 2.24) is 34.4 Å². The summed E-state index contributed by atoms with van der Waals surface area (Å²) in [4.78, 5) is 29.6. The summed E-state index contributed by atoms with van der Waals surface area (Å²) in [6.45, 7) is 4.01. The van der Waals surface area contributed by atoms with Crippen LogP contribution in [0.3, 0.4) is 0 Å². The molecule has 188 valence electrons. The van der Waals surface area contributed by atoms with Gasteiger partial charge >= 0.3 is 6.18 Å². The molecule has 1 aliphatic rings. The average molecular weight is 500 g/mol. The Kier molecular flexibility index (Phi) is 5.66. The third kappa shape index (κ3) is 4.37. The molecule has 4 aromatic rings. The maximum atomic E-state index is 13.3. The number of aromatic nitrogens is 6. The molecule has 0 spiro atoms. The number of amides is 1. The number of aromatic amines is 1. The minimum atomic E-state index is -4.50. The molecule has 1 atom stereocenters. The van der Waals surface area contributed by atoms with Gasteiger partial charge in [0.15, 0.2) is 5.82 Å². The smallest absolute Gasteiger partial charge is 0.381 e. The highest BCUT2D eigenvalue weighted by Crippen LogP contribution is 2.32. The molecule has 0 bridgehead atoms. The number of carbonyl (C=O) groups excluding carboxylic acids is 1. The van der Waals surface area contributed by atoms with Crippen molar-refractivity contribution in [3.05, 3.63) is 60.3 Å². The molecule has 0 aromatic carbocycles. The second-order valence-electron chi connectivity index (χ2n) is 9.08. The lowest BCUT2D eigenvalue weighted by atomic mass is 10.0. The van der Waals surface area contributed by atoms with Crippen LogP contribution in [0.1, 0.15) is 31.0 Å². The van der Waals surface area contributed by atoms with E-state index in [4.69, 9.17) is 0 Å². The number of hydrogen-bond acceptors (Lipinski definition) is 7. The van der Waals surface area contributed by atoms with Crippen LogP contribution in [-0.4, -0.2) is 70.7 Å². The Balaban J connectivity index is 1.47. The first kappa shape index (κ1) is 23.7. The molecule has 36 heavy (non-hydrogen) atoms. The average Bonchev–Trinajstić information content (AvgIpc) is 3.52. The lowest BCUT2D eigenvalue weighted by Crippen LogP contribution is -2.55. The van der Waals surface area contributed by atoms with Gasteiger partial charge in [0.05, 0.1) is 24.0 Å². The number of piperazine rings is 1. The fourth-order valence-corrected chi connectivity index (χ4v) is 4.28. The number of fused-ring (bicyclic) bond motifs is 1. The van der Waals surface area contributed by atoms with Crippen LogP contribution in [0.15, 0.2) is 49.2 Å². The van der Waals surface area contributed by atoms with E-state index >= 15 is 0 Å². The van der Waals surface area contributed by atoms with Crippen molar-refractivity contribution in [1.29, 1.82) is 0 Å². The van der Waals surface area contributed by atoms with Crippen molar-refractivity contribution < 1.29 is 23.1 Å². The largest absolute Gasteiger partial charge is 0.417 e. The topological polar surface area (TPSA) is 116 Å². The number of aliphatic hydroxyl groups is 1. The van der Waals surface area contributed by atoms with Gasteiger partial charge in [0.2, 0.25) is 0 Å². The van der Waals surface area contributed by atoms with E-state index in [1.807, 2.05) is 4.90 Å². The highest BCUT2D eigenvalue weighted by Gasteiger charge is 2.38. The molecule has 5 heterocycles. The van der Waals surface area contributed by atoms with Gasteiger partial charge in [0.25, 0.3) is 5.91 Å². The number of H-pyrrole nitrogens is 1. The molecule has 2 N–H and O–H groups in total. The zero-order chi connectivity index (χ0) is 25.7. The first-order chi connectivity index (χ1) is 17.0. The van der Waals surface area contributed by atoms with E-state index in [1.165, 1.54) is 36.7 Å². The fraction of sp³-hybridized carbons (Fsp3) is 0.348. The molecule has 1 aliphatic heterocycles. The third-order valence-electron chi connectivity index (χ3n) is 6.10. The number of imidazole rings is 1. The van der Waals surface area contributed by atoms with E-state index in [0.717, 1.165) is 17.8 Å². The summed E-state index contributed by atoms with van der Waals surface area (Å²) in [5.41, 5.74) is -0.912. The Labute approximate surface area is 203 Å². The van der Waals surface area contributed by atoms with E-state index in [-0.39, 0.29) is 5.82 Å². The van der Waals surface area contributed by atoms with Crippen molar-refractivity contribution in [2.24, 2.45) is 0 Å². The Bertz CT molecular complexity index is 1390. The normalized spacial score (nSPS) is 17.1. The summed E-state index contributed by atoms with van der Waals surface area (Å²) < 4.78 is 41.1. The first-order valence-electron chi connectivity index (χ1n) is 11.2. The summed E-state index contributed by atoms with van der Waals surface area (Å²) in [7, 11) is 0. The van der Waals surface area contributed by atoms with Crippen LogP contribution in [-0.2, 0) is 11.0 Å². The lowest BCUT2D eigenvalue weighted by Gasteiger charge is -2.43. The van der Waals surface area contributed by atoms with E-state index < -0.39 is 29.3 Å². The molecule has 10 nitrogen and oxygen atoms in total. The molecule has 1 saturated heterocycles. The van der Waals surface area contributed by atoms with Crippen LogP contribution in [0.2, 0.25) is 0 Å². The number of carbonyl (C=O) groups is 1. The second-order valence-corrected chi connectivity index (χ2v) is 9.08. The fourth-order valence-electron chi connectivity index (χ4n) is 4.28. The molecule has 0 aliphatic carbocycles. The summed E-state index contributed by atoms with van der Waals surface area (Å²) >= 11 is 0. The van der Waals surface area contributed by atoms with E-state index in [9.17, 15) is 23.1 Å². The highest BCUT2D eigenvalue weighted by atomic mass is 19.4. The second kappa shape index (κ2) is 8.59. The standard InChI is InChI=1S/C23H23F3N8O2/c1-22(2,36)21(35)33-8-7-32(13-17(33)14-9-29-30-10-14)19-5-6-27-20(31-19)16-11-28-18-4-3-15(12-34(16)18)23(24,25)26/h3-6,9-12,17,36H,7-8,13H2,1-2H3,(H,29,30). The van der Waals surface area contributed by atoms with E-state index in [2.05, 4.69) is 25.1 Å². The van der Waals surface area contributed by atoms with Crippen LogP contribution < -0.4 is 4.90 Å². The number of hydrogen-bond donors (Lipinski definition) is 2. The first-order valence-corrected chi connectivity index (χ1v) is 11.2. The number of nitrogens with one attached hydrogen (secondary N) is 1.